The van der Waals surface area contributed by atoms with Crippen molar-refractivity contribution in [3.8, 4) is 11.5 Å². The van der Waals surface area contributed by atoms with Gasteiger partial charge in [-0.1, -0.05) is 6.07 Å². The first-order chi connectivity index (χ1) is 12.3. The van der Waals surface area contributed by atoms with E-state index in [-0.39, 0.29) is 11.8 Å². The first kappa shape index (κ1) is 20.5. The van der Waals surface area contributed by atoms with E-state index in [2.05, 4.69) is 0 Å². The molecule has 0 saturated carbocycles. The van der Waals surface area contributed by atoms with Crippen molar-refractivity contribution in [2.24, 2.45) is 5.92 Å². The lowest BCUT2D eigenvalue weighted by Crippen LogP contribution is -2.43. The summed E-state index contributed by atoms with van der Waals surface area (Å²) in [6.07, 6.45) is 2.34. The minimum absolute atomic E-state index is 0.0791. The van der Waals surface area contributed by atoms with Crippen LogP contribution in [0.15, 0.2) is 18.2 Å². The number of hydrogen-bond acceptors (Lipinski definition) is 5. The molecule has 1 aromatic carbocycles. The number of rotatable bonds is 7. The third kappa shape index (κ3) is 4.88. The molecular formula is C18H28N2O5S. The summed E-state index contributed by atoms with van der Waals surface area (Å²) < 4.78 is 35.2. The van der Waals surface area contributed by atoms with Gasteiger partial charge in [0.15, 0.2) is 11.5 Å². The highest BCUT2D eigenvalue weighted by Gasteiger charge is 2.31. The largest absolute Gasteiger partial charge is 0.493 e. The number of methoxy groups -OCH3 is 2. The second-order valence-electron chi connectivity index (χ2n) is 6.48. The lowest BCUT2D eigenvalue weighted by atomic mass is 9.96. The van der Waals surface area contributed by atoms with E-state index >= 15 is 0 Å². The molecule has 0 atom stereocenters. The van der Waals surface area contributed by atoms with Crippen LogP contribution in [-0.2, 0) is 21.4 Å². The Morgan fingerprint density at radius 3 is 2.31 bits per heavy atom. The standard InChI is InChI=1S/C18H28N2O5S/c1-5-19(13-14-6-7-16(24-2)17(12-14)25-3)18(21)15-8-10-20(11-9-15)26(4,22)23/h6-7,12,15H,5,8-11,13H2,1-4H3. The van der Waals surface area contributed by atoms with E-state index in [4.69, 9.17) is 9.47 Å². The summed E-state index contributed by atoms with van der Waals surface area (Å²) in [5, 5.41) is 0. The number of carbonyl (C=O) groups is 1. The van der Waals surface area contributed by atoms with Crippen molar-refractivity contribution in [3.05, 3.63) is 23.8 Å². The van der Waals surface area contributed by atoms with Crippen molar-refractivity contribution in [1.29, 1.82) is 0 Å². The molecule has 0 unspecified atom stereocenters. The zero-order chi connectivity index (χ0) is 19.3. The van der Waals surface area contributed by atoms with E-state index in [1.165, 1.54) is 10.6 Å². The highest BCUT2D eigenvalue weighted by atomic mass is 32.2. The topological polar surface area (TPSA) is 76.2 Å². The Bertz CT molecular complexity index is 727. The molecule has 0 aromatic heterocycles. The lowest BCUT2D eigenvalue weighted by Gasteiger charge is -2.32. The van der Waals surface area contributed by atoms with E-state index in [1.54, 1.807) is 14.2 Å². The molecule has 1 aromatic rings. The molecule has 1 amide bonds. The number of carbonyl (C=O) groups excluding carboxylic acids is 1. The predicted octanol–water partition coefficient (Wildman–Crippen LogP) is 1.72. The first-order valence-corrected chi connectivity index (χ1v) is 10.6. The molecule has 0 spiro atoms. The van der Waals surface area contributed by atoms with Gasteiger partial charge >= 0.3 is 0 Å². The second kappa shape index (κ2) is 8.73. The molecule has 0 N–H and O–H groups in total. The van der Waals surface area contributed by atoms with Crippen LogP contribution in [0.3, 0.4) is 0 Å². The molecule has 1 saturated heterocycles. The van der Waals surface area contributed by atoms with Crippen LogP contribution in [0.4, 0.5) is 0 Å². The molecule has 146 valence electrons. The normalized spacial score (nSPS) is 16.3. The van der Waals surface area contributed by atoms with Crippen LogP contribution in [0, 0.1) is 5.92 Å². The number of benzene rings is 1. The average molecular weight is 384 g/mol. The van der Waals surface area contributed by atoms with Gasteiger partial charge in [-0.05, 0) is 37.5 Å². The summed E-state index contributed by atoms with van der Waals surface area (Å²) in [6, 6.07) is 5.63. The minimum Gasteiger partial charge on any atom is -0.493 e. The molecule has 1 fully saturated rings. The molecule has 7 nitrogen and oxygen atoms in total. The zero-order valence-corrected chi connectivity index (χ0v) is 16.7. The van der Waals surface area contributed by atoms with Crippen LogP contribution in [0.5, 0.6) is 11.5 Å². The summed E-state index contributed by atoms with van der Waals surface area (Å²) >= 11 is 0. The van der Waals surface area contributed by atoms with Gasteiger partial charge < -0.3 is 14.4 Å². The van der Waals surface area contributed by atoms with Crippen LogP contribution in [-0.4, -0.2) is 63.6 Å². The molecule has 1 aliphatic heterocycles. The summed E-state index contributed by atoms with van der Waals surface area (Å²) in [5.74, 6) is 1.23. The fraction of sp³-hybridized carbons (Fsp3) is 0.611. The Kier molecular flexibility index (Phi) is 6.88. The molecule has 1 heterocycles. The Labute approximate surface area is 155 Å². The smallest absolute Gasteiger partial charge is 0.226 e. The number of sulfonamides is 1. The molecule has 1 aliphatic rings. The molecule has 0 radical (unpaired) electrons. The number of ether oxygens (including phenoxy) is 2. The van der Waals surface area contributed by atoms with Crippen LogP contribution in [0.25, 0.3) is 0 Å². The van der Waals surface area contributed by atoms with Crippen molar-refractivity contribution in [1.82, 2.24) is 9.21 Å². The van der Waals surface area contributed by atoms with Gasteiger partial charge in [0, 0.05) is 32.1 Å². The lowest BCUT2D eigenvalue weighted by molar-refractivity contribution is -0.137. The van der Waals surface area contributed by atoms with Gasteiger partial charge in [-0.2, -0.15) is 0 Å². The fourth-order valence-corrected chi connectivity index (χ4v) is 4.11. The third-order valence-corrected chi connectivity index (χ3v) is 6.09. The average Bonchev–Trinajstić information content (AvgIpc) is 2.64. The van der Waals surface area contributed by atoms with E-state index in [0.29, 0.717) is 50.5 Å². The summed E-state index contributed by atoms with van der Waals surface area (Å²) in [5.41, 5.74) is 0.964. The van der Waals surface area contributed by atoms with Gasteiger partial charge in [-0.3, -0.25) is 4.79 Å². The van der Waals surface area contributed by atoms with Crippen LogP contribution < -0.4 is 9.47 Å². The van der Waals surface area contributed by atoms with Gasteiger partial charge in [-0.15, -0.1) is 0 Å². The molecule has 0 bridgehead atoms. The van der Waals surface area contributed by atoms with Gasteiger partial charge in [-0.25, -0.2) is 12.7 Å². The summed E-state index contributed by atoms with van der Waals surface area (Å²) in [7, 11) is -0.0122. The highest BCUT2D eigenvalue weighted by molar-refractivity contribution is 7.88. The first-order valence-electron chi connectivity index (χ1n) is 8.75. The minimum atomic E-state index is -3.18. The Morgan fingerprint density at radius 1 is 1.19 bits per heavy atom. The van der Waals surface area contributed by atoms with Crippen molar-refractivity contribution in [2.45, 2.75) is 26.3 Å². The van der Waals surface area contributed by atoms with E-state index in [1.807, 2.05) is 30.0 Å². The SMILES string of the molecule is CCN(Cc1ccc(OC)c(OC)c1)C(=O)C1CCN(S(C)(=O)=O)CC1. The maximum atomic E-state index is 12.9. The Hall–Kier alpha value is -1.80. The second-order valence-corrected chi connectivity index (χ2v) is 8.46. The van der Waals surface area contributed by atoms with Gasteiger partial charge in [0.2, 0.25) is 15.9 Å². The molecule has 8 heteroatoms. The van der Waals surface area contributed by atoms with Crippen molar-refractivity contribution in [2.75, 3.05) is 40.1 Å². The summed E-state index contributed by atoms with van der Waals surface area (Å²) in [6.45, 7) is 3.85. The van der Waals surface area contributed by atoms with Crippen molar-refractivity contribution in [3.63, 3.8) is 0 Å². The Balaban J connectivity index is 2.03. The fourth-order valence-electron chi connectivity index (χ4n) is 3.24. The number of amides is 1. The third-order valence-electron chi connectivity index (χ3n) is 4.79. The van der Waals surface area contributed by atoms with Crippen LogP contribution in [0.1, 0.15) is 25.3 Å². The van der Waals surface area contributed by atoms with Crippen molar-refractivity contribution < 1.29 is 22.7 Å². The monoisotopic (exact) mass is 384 g/mol. The van der Waals surface area contributed by atoms with Gasteiger partial charge in [0.1, 0.15) is 0 Å². The predicted molar refractivity (Wildman–Crippen MR) is 99.8 cm³/mol. The molecular weight excluding hydrogens is 356 g/mol. The van der Waals surface area contributed by atoms with Crippen molar-refractivity contribution >= 4 is 15.9 Å². The van der Waals surface area contributed by atoms with Gasteiger partial charge in [0.25, 0.3) is 0 Å². The van der Waals surface area contributed by atoms with Gasteiger partial charge in [0.05, 0.1) is 20.5 Å². The highest BCUT2D eigenvalue weighted by Crippen LogP contribution is 2.28. The summed E-state index contributed by atoms with van der Waals surface area (Å²) in [4.78, 5) is 14.7. The zero-order valence-electron chi connectivity index (χ0n) is 15.9. The Morgan fingerprint density at radius 2 is 1.81 bits per heavy atom. The van der Waals surface area contributed by atoms with Crippen LogP contribution in [0.2, 0.25) is 0 Å². The number of hydrogen-bond donors (Lipinski definition) is 0. The maximum Gasteiger partial charge on any atom is 0.226 e. The molecule has 26 heavy (non-hydrogen) atoms. The quantitative estimate of drug-likeness (QED) is 0.716. The van der Waals surface area contributed by atoms with E-state index in [0.717, 1.165) is 5.56 Å². The maximum absolute atomic E-state index is 12.9. The van der Waals surface area contributed by atoms with Crippen LogP contribution >= 0.6 is 0 Å². The molecule has 2 rings (SSSR count). The number of piperidine rings is 1. The van der Waals surface area contributed by atoms with E-state index in [9.17, 15) is 13.2 Å². The number of nitrogens with zero attached hydrogens (tertiary/aromatic N) is 2. The molecule has 0 aliphatic carbocycles. The van der Waals surface area contributed by atoms with E-state index < -0.39 is 10.0 Å².